The van der Waals surface area contributed by atoms with Crippen LogP contribution in [0.5, 0.6) is 0 Å². The van der Waals surface area contributed by atoms with Crippen LogP contribution in [0.25, 0.3) is 0 Å². The van der Waals surface area contributed by atoms with E-state index in [-0.39, 0.29) is 0 Å². The fraction of sp³-hybridized carbons (Fsp3) is 0.308. The molecule has 84 valence electrons. The van der Waals surface area contributed by atoms with E-state index in [1.54, 1.807) is 0 Å². The Bertz CT molecular complexity index is 462. The van der Waals surface area contributed by atoms with E-state index in [0.717, 1.165) is 29.5 Å². The van der Waals surface area contributed by atoms with Crippen LogP contribution in [0.4, 0.5) is 5.82 Å². The minimum Gasteiger partial charge on any atom is -0.464 e. The summed E-state index contributed by atoms with van der Waals surface area (Å²) in [4.78, 5) is 4.36. The highest BCUT2D eigenvalue weighted by atomic mass is 16.3. The van der Waals surface area contributed by atoms with E-state index >= 15 is 0 Å². The van der Waals surface area contributed by atoms with Crippen LogP contribution in [0.3, 0.4) is 0 Å². The Labute approximate surface area is 95.5 Å². The van der Waals surface area contributed by atoms with Crippen LogP contribution in [-0.2, 0) is 13.0 Å². The molecule has 0 radical (unpaired) electrons. The third kappa shape index (κ3) is 2.63. The van der Waals surface area contributed by atoms with Crippen LogP contribution < -0.4 is 5.32 Å². The highest BCUT2D eigenvalue weighted by molar-refractivity contribution is 5.35. The lowest BCUT2D eigenvalue weighted by atomic mass is 10.3. The van der Waals surface area contributed by atoms with Gasteiger partial charge in [0.25, 0.3) is 0 Å². The first kappa shape index (κ1) is 10.7. The van der Waals surface area contributed by atoms with Gasteiger partial charge in [-0.15, -0.1) is 0 Å². The van der Waals surface area contributed by atoms with Crippen LogP contribution in [0.2, 0.25) is 0 Å². The zero-order valence-electron chi connectivity index (χ0n) is 9.66. The molecular formula is C13H16N2O. The van der Waals surface area contributed by atoms with E-state index in [2.05, 4.69) is 17.2 Å². The second-order valence-electron chi connectivity index (χ2n) is 3.74. The maximum atomic E-state index is 5.59. The molecule has 3 heteroatoms. The highest BCUT2D eigenvalue weighted by Gasteiger charge is 2.00. The molecule has 0 aliphatic rings. The maximum Gasteiger partial charge on any atom is 0.126 e. The van der Waals surface area contributed by atoms with Gasteiger partial charge in [0.1, 0.15) is 17.3 Å². The van der Waals surface area contributed by atoms with E-state index in [1.165, 1.54) is 0 Å². The largest absolute Gasteiger partial charge is 0.464 e. The third-order valence-electron chi connectivity index (χ3n) is 2.40. The van der Waals surface area contributed by atoms with Crippen molar-refractivity contribution < 1.29 is 4.42 Å². The summed E-state index contributed by atoms with van der Waals surface area (Å²) in [6.45, 7) is 4.74. The molecule has 16 heavy (non-hydrogen) atoms. The zero-order chi connectivity index (χ0) is 11.4. The molecule has 2 rings (SSSR count). The van der Waals surface area contributed by atoms with Crippen molar-refractivity contribution in [3.8, 4) is 0 Å². The summed E-state index contributed by atoms with van der Waals surface area (Å²) in [5, 5.41) is 3.23. The van der Waals surface area contributed by atoms with E-state index in [0.29, 0.717) is 6.54 Å². The smallest absolute Gasteiger partial charge is 0.126 e. The number of rotatable bonds is 4. The summed E-state index contributed by atoms with van der Waals surface area (Å²) in [6, 6.07) is 9.94. The van der Waals surface area contributed by atoms with Gasteiger partial charge in [0.2, 0.25) is 0 Å². The van der Waals surface area contributed by atoms with Crippen LogP contribution in [0.15, 0.2) is 34.7 Å². The number of furan rings is 1. The maximum absolute atomic E-state index is 5.59. The van der Waals surface area contributed by atoms with E-state index in [1.807, 2.05) is 37.3 Å². The van der Waals surface area contributed by atoms with Gasteiger partial charge in [-0.1, -0.05) is 13.0 Å². The molecule has 0 spiro atoms. The van der Waals surface area contributed by atoms with Crippen LogP contribution in [0.1, 0.15) is 24.1 Å². The molecule has 0 aliphatic heterocycles. The first-order valence-corrected chi connectivity index (χ1v) is 5.53. The quantitative estimate of drug-likeness (QED) is 0.853. The number of anilines is 1. The molecule has 3 nitrogen and oxygen atoms in total. The lowest BCUT2D eigenvalue weighted by Crippen LogP contribution is -2.00. The van der Waals surface area contributed by atoms with Crippen molar-refractivity contribution in [2.75, 3.05) is 5.32 Å². The van der Waals surface area contributed by atoms with Crippen molar-refractivity contribution >= 4 is 5.82 Å². The minimum atomic E-state index is 0.677. The molecule has 0 aliphatic carbocycles. The Balaban J connectivity index is 1.96. The van der Waals surface area contributed by atoms with Gasteiger partial charge in [-0.05, 0) is 31.2 Å². The molecule has 2 aromatic heterocycles. The second kappa shape index (κ2) is 4.84. The van der Waals surface area contributed by atoms with Gasteiger partial charge in [-0.2, -0.15) is 0 Å². The standard InChI is InChI=1S/C13H16N2O/c1-3-11-7-8-12(16-11)9-14-13-6-4-5-10(2)15-13/h4-8H,3,9H2,1-2H3,(H,14,15). The number of hydrogen-bond acceptors (Lipinski definition) is 3. The first-order valence-electron chi connectivity index (χ1n) is 5.53. The number of pyridine rings is 1. The fourth-order valence-corrected chi connectivity index (χ4v) is 1.53. The van der Waals surface area contributed by atoms with Gasteiger partial charge >= 0.3 is 0 Å². The van der Waals surface area contributed by atoms with Gasteiger partial charge in [-0.25, -0.2) is 4.98 Å². The number of nitrogens with one attached hydrogen (secondary N) is 1. The van der Waals surface area contributed by atoms with Gasteiger partial charge in [0.15, 0.2) is 0 Å². The average Bonchev–Trinajstić information content (AvgIpc) is 2.74. The predicted octanol–water partition coefficient (Wildman–Crippen LogP) is 3.16. The van der Waals surface area contributed by atoms with Crippen molar-refractivity contribution in [3.63, 3.8) is 0 Å². The summed E-state index contributed by atoms with van der Waals surface area (Å²) in [5.41, 5.74) is 1.01. The summed E-state index contributed by atoms with van der Waals surface area (Å²) >= 11 is 0. The Morgan fingerprint density at radius 1 is 1.19 bits per heavy atom. The van der Waals surface area contributed by atoms with Crippen molar-refractivity contribution in [1.82, 2.24) is 4.98 Å². The number of aromatic nitrogens is 1. The molecule has 1 N–H and O–H groups in total. The molecule has 0 saturated heterocycles. The summed E-state index contributed by atoms with van der Waals surface area (Å²) in [7, 11) is 0. The molecule has 0 amide bonds. The van der Waals surface area contributed by atoms with Crippen molar-refractivity contribution in [3.05, 3.63) is 47.5 Å². The van der Waals surface area contributed by atoms with E-state index in [9.17, 15) is 0 Å². The Kier molecular flexibility index (Phi) is 3.25. The van der Waals surface area contributed by atoms with E-state index < -0.39 is 0 Å². The molecule has 2 heterocycles. The summed E-state index contributed by atoms with van der Waals surface area (Å²) < 4.78 is 5.59. The lowest BCUT2D eigenvalue weighted by Gasteiger charge is -2.03. The molecule has 0 atom stereocenters. The lowest BCUT2D eigenvalue weighted by molar-refractivity contribution is 0.476. The Morgan fingerprint density at radius 3 is 2.69 bits per heavy atom. The highest BCUT2D eigenvalue weighted by Crippen LogP contribution is 2.11. The zero-order valence-corrected chi connectivity index (χ0v) is 9.66. The van der Waals surface area contributed by atoms with Gasteiger partial charge in [0.05, 0.1) is 6.54 Å². The topological polar surface area (TPSA) is 38.1 Å². The summed E-state index contributed by atoms with van der Waals surface area (Å²) in [5.74, 6) is 2.85. The van der Waals surface area contributed by atoms with Crippen molar-refractivity contribution in [1.29, 1.82) is 0 Å². The molecule has 0 saturated carbocycles. The SMILES string of the molecule is CCc1ccc(CNc2cccc(C)n2)o1. The molecular weight excluding hydrogens is 200 g/mol. The van der Waals surface area contributed by atoms with Crippen molar-refractivity contribution in [2.24, 2.45) is 0 Å². The molecule has 0 aromatic carbocycles. The number of nitrogens with zero attached hydrogens (tertiary/aromatic N) is 1. The molecule has 0 unspecified atom stereocenters. The summed E-state index contributed by atoms with van der Waals surface area (Å²) in [6.07, 6.45) is 0.933. The van der Waals surface area contributed by atoms with Gasteiger partial charge in [0, 0.05) is 12.1 Å². The van der Waals surface area contributed by atoms with Gasteiger partial charge in [-0.3, -0.25) is 0 Å². The fourth-order valence-electron chi connectivity index (χ4n) is 1.53. The third-order valence-corrected chi connectivity index (χ3v) is 2.40. The molecule has 0 fully saturated rings. The van der Waals surface area contributed by atoms with E-state index in [4.69, 9.17) is 4.42 Å². The average molecular weight is 216 g/mol. The number of hydrogen-bond donors (Lipinski definition) is 1. The van der Waals surface area contributed by atoms with Crippen LogP contribution in [0, 0.1) is 6.92 Å². The monoisotopic (exact) mass is 216 g/mol. The normalized spacial score (nSPS) is 10.4. The Morgan fingerprint density at radius 2 is 2.00 bits per heavy atom. The van der Waals surface area contributed by atoms with Gasteiger partial charge < -0.3 is 9.73 Å². The first-order chi connectivity index (χ1) is 7.78. The van der Waals surface area contributed by atoms with Crippen LogP contribution in [-0.4, -0.2) is 4.98 Å². The van der Waals surface area contributed by atoms with Crippen molar-refractivity contribution in [2.45, 2.75) is 26.8 Å². The minimum absolute atomic E-state index is 0.677. The van der Waals surface area contributed by atoms with Crippen LogP contribution >= 0.6 is 0 Å². The number of aryl methyl sites for hydroxylation is 2. The Hall–Kier alpha value is -1.77. The molecule has 2 aromatic rings. The predicted molar refractivity (Wildman–Crippen MR) is 64.4 cm³/mol. The second-order valence-corrected chi connectivity index (χ2v) is 3.74. The molecule has 0 bridgehead atoms.